The van der Waals surface area contributed by atoms with Gasteiger partial charge in [0.2, 0.25) is 0 Å². The highest BCUT2D eigenvalue weighted by Gasteiger charge is 2.18. The summed E-state index contributed by atoms with van der Waals surface area (Å²) in [6, 6.07) is 7.44. The van der Waals surface area contributed by atoms with Crippen LogP contribution in [-0.4, -0.2) is 24.5 Å². The Labute approximate surface area is 153 Å². The molecule has 0 radical (unpaired) electrons. The molecule has 1 aromatic carbocycles. The first kappa shape index (κ1) is 18.0. The lowest BCUT2D eigenvalue weighted by Gasteiger charge is -2.30. The quantitative estimate of drug-likeness (QED) is 0.576. The van der Waals surface area contributed by atoms with Crippen molar-refractivity contribution in [2.75, 3.05) is 13.6 Å². The first-order chi connectivity index (χ1) is 11.7. The van der Waals surface area contributed by atoms with E-state index >= 15 is 0 Å². The standard InChI is InChI=1S/C22H32ClN/c1-24(20-12-6-3-7-13-20)16-8-9-18-14-15-21(22(23)17-18)19-10-4-2-5-11-19/h8-9,14-15,17,19-20H,2-7,10-13,16H2,1H3/b9-8-. The molecular weight excluding hydrogens is 314 g/mol. The van der Waals surface area contributed by atoms with Gasteiger partial charge in [0, 0.05) is 17.6 Å². The van der Waals surface area contributed by atoms with E-state index in [1.807, 2.05) is 0 Å². The molecule has 132 valence electrons. The SMILES string of the molecule is CN(C/C=C\c1ccc(C2CCCCC2)c(Cl)c1)C1CCCCC1. The van der Waals surface area contributed by atoms with E-state index < -0.39 is 0 Å². The summed E-state index contributed by atoms with van der Waals surface area (Å²) in [6.07, 6.45) is 18.2. The molecule has 0 aromatic heterocycles. The molecule has 1 nitrogen and oxygen atoms in total. The molecule has 2 aliphatic carbocycles. The highest BCUT2D eigenvalue weighted by Crippen LogP contribution is 2.36. The van der Waals surface area contributed by atoms with Crippen molar-refractivity contribution in [1.82, 2.24) is 4.90 Å². The molecule has 0 bridgehead atoms. The Hall–Kier alpha value is -0.790. The fourth-order valence-electron chi connectivity index (χ4n) is 4.42. The summed E-state index contributed by atoms with van der Waals surface area (Å²) in [7, 11) is 2.26. The molecular formula is C22H32ClN. The predicted octanol–water partition coefficient (Wildman–Crippen LogP) is 6.67. The maximum absolute atomic E-state index is 6.58. The highest BCUT2D eigenvalue weighted by molar-refractivity contribution is 6.31. The Morgan fingerprint density at radius 3 is 2.33 bits per heavy atom. The Kier molecular flexibility index (Phi) is 6.80. The van der Waals surface area contributed by atoms with Crippen molar-refractivity contribution >= 4 is 17.7 Å². The van der Waals surface area contributed by atoms with Crippen molar-refractivity contribution in [3.05, 3.63) is 40.4 Å². The normalized spacial score (nSPS) is 21.0. The van der Waals surface area contributed by atoms with E-state index in [0.717, 1.165) is 17.6 Å². The molecule has 2 fully saturated rings. The molecule has 0 unspecified atom stereocenters. The Bertz CT molecular complexity index is 539. The van der Waals surface area contributed by atoms with E-state index in [9.17, 15) is 0 Å². The van der Waals surface area contributed by atoms with Gasteiger partial charge in [0.25, 0.3) is 0 Å². The minimum Gasteiger partial charge on any atom is -0.300 e. The van der Waals surface area contributed by atoms with Gasteiger partial charge in [-0.25, -0.2) is 0 Å². The lowest BCUT2D eigenvalue weighted by molar-refractivity contribution is 0.209. The zero-order valence-corrected chi connectivity index (χ0v) is 15.9. The van der Waals surface area contributed by atoms with Crippen LogP contribution in [-0.2, 0) is 0 Å². The second kappa shape index (κ2) is 9.06. The van der Waals surface area contributed by atoms with Gasteiger partial charge in [0.05, 0.1) is 0 Å². The minimum atomic E-state index is 0.682. The summed E-state index contributed by atoms with van der Waals surface area (Å²) in [4.78, 5) is 2.51. The van der Waals surface area contributed by atoms with E-state index in [2.05, 4.69) is 42.3 Å². The number of benzene rings is 1. The van der Waals surface area contributed by atoms with Gasteiger partial charge in [-0.15, -0.1) is 0 Å². The molecule has 0 aliphatic heterocycles. The van der Waals surface area contributed by atoms with Gasteiger partial charge in [-0.2, -0.15) is 0 Å². The van der Waals surface area contributed by atoms with Gasteiger partial charge < -0.3 is 0 Å². The average Bonchev–Trinajstić information content (AvgIpc) is 2.63. The third-order valence-corrected chi connectivity index (χ3v) is 6.30. The average molecular weight is 346 g/mol. The summed E-state index contributed by atoms with van der Waals surface area (Å²) >= 11 is 6.58. The fourth-order valence-corrected chi connectivity index (χ4v) is 4.76. The lowest BCUT2D eigenvalue weighted by atomic mass is 9.84. The summed E-state index contributed by atoms with van der Waals surface area (Å²) in [5.41, 5.74) is 2.60. The van der Waals surface area contributed by atoms with Gasteiger partial charge in [-0.05, 0) is 55.8 Å². The van der Waals surface area contributed by atoms with Gasteiger partial charge in [-0.1, -0.05) is 74.4 Å². The first-order valence-corrected chi connectivity index (χ1v) is 10.3. The van der Waals surface area contributed by atoms with Crippen molar-refractivity contribution in [3.8, 4) is 0 Å². The van der Waals surface area contributed by atoms with Crippen molar-refractivity contribution in [2.45, 2.75) is 76.2 Å². The van der Waals surface area contributed by atoms with E-state index in [1.165, 1.54) is 75.3 Å². The monoisotopic (exact) mass is 345 g/mol. The van der Waals surface area contributed by atoms with Crippen LogP contribution in [0.2, 0.25) is 5.02 Å². The molecule has 0 saturated heterocycles. The Morgan fingerprint density at radius 2 is 1.67 bits per heavy atom. The smallest absolute Gasteiger partial charge is 0.0446 e. The van der Waals surface area contributed by atoms with Crippen molar-refractivity contribution < 1.29 is 0 Å². The lowest BCUT2D eigenvalue weighted by Crippen LogP contribution is -2.33. The highest BCUT2D eigenvalue weighted by atomic mass is 35.5. The second-order valence-corrected chi connectivity index (χ2v) is 8.16. The number of rotatable bonds is 5. The zero-order chi connectivity index (χ0) is 16.8. The van der Waals surface area contributed by atoms with Crippen LogP contribution in [0.1, 0.15) is 81.3 Å². The Balaban J connectivity index is 1.55. The van der Waals surface area contributed by atoms with Crippen LogP contribution in [0.3, 0.4) is 0 Å². The molecule has 0 amide bonds. The summed E-state index contributed by atoms with van der Waals surface area (Å²) in [6.45, 7) is 1.03. The molecule has 3 rings (SSSR count). The van der Waals surface area contributed by atoms with Crippen LogP contribution >= 0.6 is 11.6 Å². The first-order valence-electron chi connectivity index (χ1n) is 9.90. The Morgan fingerprint density at radius 1 is 1.00 bits per heavy atom. The molecule has 24 heavy (non-hydrogen) atoms. The molecule has 1 aromatic rings. The van der Waals surface area contributed by atoms with E-state index in [4.69, 9.17) is 11.6 Å². The van der Waals surface area contributed by atoms with E-state index in [1.54, 1.807) is 0 Å². The second-order valence-electron chi connectivity index (χ2n) is 7.75. The van der Waals surface area contributed by atoms with E-state index in [0.29, 0.717) is 5.92 Å². The van der Waals surface area contributed by atoms with Gasteiger partial charge in [0.1, 0.15) is 0 Å². The number of hydrogen-bond donors (Lipinski definition) is 0. The number of halogens is 1. The van der Waals surface area contributed by atoms with Crippen LogP contribution in [0, 0.1) is 0 Å². The van der Waals surface area contributed by atoms with Crippen LogP contribution in [0.4, 0.5) is 0 Å². The van der Waals surface area contributed by atoms with Gasteiger partial charge >= 0.3 is 0 Å². The number of hydrogen-bond acceptors (Lipinski definition) is 1. The molecule has 0 N–H and O–H groups in total. The molecule has 0 atom stereocenters. The summed E-state index contributed by atoms with van der Waals surface area (Å²) in [5.74, 6) is 0.682. The van der Waals surface area contributed by atoms with Crippen LogP contribution in [0.5, 0.6) is 0 Å². The fraction of sp³-hybridized carbons (Fsp3) is 0.636. The van der Waals surface area contributed by atoms with E-state index in [-0.39, 0.29) is 0 Å². The summed E-state index contributed by atoms with van der Waals surface area (Å²) < 4.78 is 0. The van der Waals surface area contributed by atoms with Crippen molar-refractivity contribution in [1.29, 1.82) is 0 Å². The predicted molar refractivity (Wildman–Crippen MR) is 106 cm³/mol. The van der Waals surface area contributed by atoms with Crippen LogP contribution in [0.15, 0.2) is 24.3 Å². The zero-order valence-electron chi connectivity index (χ0n) is 15.1. The molecule has 0 spiro atoms. The molecule has 0 heterocycles. The number of likely N-dealkylation sites (N-methyl/N-ethyl adjacent to an activating group) is 1. The van der Waals surface area contributed by atoms with Crippen LogP contribution < -0.4 is 0 Å². The minimum absolute atomic E-state index is 0.682. The number of nitrogens with zero attached hydrogens (tertiary/aromatic N) is 1. The van der Waals surface area contributed by atoms with Crippen molar-refractivity contribution in [3.63, 3.8) is 0 Å². The largest absolute Gasteiger partial charge is 0.300 e. The maximum atomic E-state index is 6.58. The topological polar surface area (TPSA) is 3.24 Å². The van der Waals surface area contributed by atoms with Gasteiger partial charge in [-0.3, -0.25) is 4.90 Å². The summed E-state index contributed by atoms with van der Waals surface area (Å²) in [5, 5.41) is 0.963. The maximum Gasteiger partial charge on any atom is 0.0446 e. The van der Waals surface area contributed by atoms with Crippen LogP contribution in [0.25, 0.3) is 6.08 Å². The van der Waals surface area contributed by atoms with Gasteiger partial charge in [0.15, 0.2) is 0 Å². The molecule has 2 heteroatoms. The molecule has 2 saturated carbocycles. The third-order valence-electron chi connectivity index (χ3n) is 5.97. The molecule has 2 aliphatic rings. The van der Waals surface area contributed by atoms with Crippen molar-refractivity contribution in [2.24, 2.45) is 0 Å². The third kappa shape index (κ3) is 4.86.